The van der Waals surface area contributed by atoms with Crippen LogP contribution in [0.25, 0.3) is 0 Å². The van der Waals surface area contributed by atoms with Crippen molar-refractivity contribution in [3.63, 3.8) is 0 Å². The highest BCUT2D eigenvalue weighted by atomic mass is 16.2. The third kappa shape index (κ3) is 4.17. The summed E-state index contributed by atoms with van der Waals surface area (Å²) in [6.07, 6.45) is 3.76. The number of amides is 4. The molecule has 0 aromatic rings. The quantitative estimate of drug-likeness (QED) is 0.537. The lowest BCUT2D eigenvalue weighted by atomic mass is 9.86. The van der Waals surface area contributed by atoms with Gasteiger partial charge in [-0.15, -0.1) is 13.2 Å². The summed E-state index contributed by atoms with van der Waals surface area (Å²) in [6.45, 7) is 33.0. The first kappa shape index (κ1) is 26.3. The van der Waals surface area contributed by atoms with Crippen LogP contribution in [0.15, 0.2) is 25.3 Å². The first-order valence-electron chi connectivity index (χ1n) is 11.7. The van der Waals surface area contributed by atoms with Crippen molar-refractivity contribution in [1.82, 2.24) is 19.6 Å². The van der Waals surface area contributed by atoms with E-state index >= 15 is 0 Å². The maximum atomic E-state index is 13.9. The van der Waals surface area contributed by atoms with Crippen molar-refractivity contribution in [1.29, 1.82) is 0 Å². The molecule has 2 fully saturated rings. The SMILES string of the molecule is C=C[C@@H]1[C@@H]([C@@H]2[C@@H](C=C)N(C(C)(C)C)C(=O)N2C(C)(C)C)N(C(C)(C)C)C(=O)N1C(C)(C)C. The molecule has 4 atom stereocenters. The van der Waals surface area contributed by atoms with E-state index in [0.717, 1.165) is 0 Å². The summed E-state index contributed by atoms with van der Waals surface area (Å²) in [4.78, 5) is 35.6. The van der Waals surface area contributed by atoms with Crippen LogP contribution in [-0.4, -0.2) is 78.0 Å². The Morgan fingerprint density at radius 2 is 0.750 bits per heavy atom. The molecule has 0 radical (unpaired) electrons. The third-order valence-electron chi connectivity index (χ3n) is 6.44. The van der Waals surface area contributed by atoms with Crippen LogP contribution in [0.1, 0.15) is 83.1 Å². The summed E-state index contributed by atoms with van der Waals surface area (Å²) in [5.74, 6) is 0. The van der Waals surface area contributed by atoms with E-state index in [1.165, 1.54) is 0 Å². The van der Waals surface area contributed by atoms with Gasteiger partial charge in [-0.3, -0.25) is 0 Å². The number of carbonyl (C=O) groups excluding carboxylic acids is 2. The molecule has 2 heterocycles. The molecular formula is C26H46N4O2. The van der Waals surface area contributed by atoms with E-state index in [1.807, 2.05) is 31.8 Å². The highest BCUT2D eigenvalue weighted by Gasteiger charge is 2.62. The fourth-order valence-corrected chi connectivity index (χ4v) is 5.49. The fourth-order valence-electron chi connectivity index (χ4n) is 5.49. The Morgan fingerprint density at radius 1 is 0.531 bits per heavy atom. The van der Waals surface area contributed by atoms with Crippen molar-refractivity contribution in [3.8, 4) is 0 Å². The van der Waals surface area contributed by atoms with Crippen LogP contribution in [0, 0.1) is 0 Å². The maximum Gasteiger partial charge on any atom is 0.321 e. The molecule has 0 saturated carbocycles. The first-order chi connectivity index (χ1) is 14.2. The minimum absolute atomic E-state index is 0.0155. The molecule has 6 nitrogen and oxygen atoms in total. The van der Waals surface area contributed by atoms with E-state index in [9.17, 15) is 9.59 Å². The largest absolute Gasteiger partial charge is 0.321 e. The molecule has 0 unspecified atom stereocenters. The van der Waals surface area contributed by atoms with E-state index < -0.39 is 22.2 Å². The molecule has 4 amide bonds. The molecule has 0 aromatic heterocycles. The van der Waals surface area contributed by atoms with Gasteiger partial charge in [0.25, 0.3) is 0 Å². The normalized spacial score (nSPS) is 28.1. The van der Waals surface area contributed by atoms with Crippen molar-refractivity contribution in [2.24, 2.45) is 0 Å². The van der Waals surface area contributed by atoms with Gasteiger partial charge in [-0.05, 0) is 83.1 Å². The molecule has 0 aromatic carbocycles. The Kier molecular flexibility index (Phi) is 6.41. The van der Waals surface area contributed by atoms with Gasteiger partial charge in [-0.25, -0.2) is 9.59 Å². The Morgan fingerprint density at radius 3 is 0.906 bits per heavy atom. The van der Waals surface area contributed by atoms with Crippen LogP contribution in [0.3, 0.4) is 0 Å². The van der Waals surface area contributed by atoms with Crippen LogP contribution in [-0.2, 0) is 0 Å². The van der Waals surface area contributed by atoms with Crippen LogP contribution < -0.4 is 0 Å². The van der Waals surface area contributed by atoms with E-state index in [4.69, 9.17) is 0 Å². The lowest BCUT2D eigenvalue weighted by Crippen LogP contribution is -2.62. The van der Waals surface area contributed by atoms with Gasteiger partial charge in [0.1, 0.15) is 0 Å². The predicted octanol–water partition coefficient (Wildman–Crippen LogP) is 5.50. The van der Waals surface area contributed by atoms with Crippen molar-refractivity contribution in [2.45, 2.75) is 129 Å². The lowest BCUT2D eigenvalue weighted by Gasteiger charge is -2.46. The summed E-state index contributed by atoms with van der Waals surface area (Å²) in [5, 5.41) is 0. The minimum atomic E-state index is -0.434. The van der Waals surface area contributed by atoms with Crippen LogP contribution in [0.2, 0.25) is 0 Å². The highest BCUT2D eigenvalue weighted by molar-refractivity contribution is 5.83. The average Bonchev–Trinajstić information content (AvgIpc) is 3.03. The van der Waals surface area contributed by atoms with Crippen LogP contribution >= 0.6 is 0 Å². The highest BCUT2D eigenvalue weighted by Crippen LogP contribution is 2.45. The number of urea groups is 2. The smallest absolute Gasteiger partial charge is 0.312 e. The second kappa shape index (κ2) is 7.81. The van der Waals surface area contributed by atoms with Crippen molar-refractivity contribution >= 4 is 12.1 Å². The Balaban J connectivity index is 2.85. The van der Waals surface area contributed by atoms with Gasteiger partial charge in [0.2, 0.25) is 0 Å². The van der Waals surface area contributed by atoms with Gasteiger partial charge < -0.3 is 19.6 Å². The van der Waals surface area contributed by atoms with E-state index in [-0.39, 0.29) is 36.2 Å². The zero-order chi connectivity index (χ0) is 25.2. The van der Waals surface area contributed by atoms with Gasteiger partial charge in [0, 0.05) is 22.2 Å². The third-order valence-corrected chi connectivity index (χ3v) is 6.44. The number of hydrogen-bond acceptors (Lipinski definition) is 2. The van der Waals surface area contributed by atoms with E-state index in [0.29, 0.717) is 0 Å². The molecule has 32 heavy (non-hydrogen) atoms. The van der Waals surface area contributed by atoms with E-state index in [1.54, 1.807) is 0 Å². The molecule has 2 aliphatic rings. The van der Waals surface area contributed by atoms with Gasteiger partial charge in [-0.2, -0.15) is 0 Å². The second-order valence-corrected chi connectivity index (χ2v) is 13.2. The summed E-state index contributed by atoms with van der Waals surface area (Å²) >= 11 is 0. The molecule has 2 rings (SSSR count). The van der Waals surface area contributed by atoms with Crippen molar-refractivity contribution < 1.29 is 9.59 Å². The summed E-state index contributed by atoms with van der Waals surface area (Å²) in [5.41, 5.74) is -1.65. The Hall–Kier alpha value is -1.98. The maximum absolute atomic E-state index is 13.9. The standard InChI is InChI=1S/C26H46N4O2/c1-15-17-19(29(25(9,10)11)21(31)27(17)23(3,4)5)20-18(16-2)28(24(6,7)8)22(32)30(20)26(12,13)14/h15-20H,1-2H2,3-14H3/t17-,18-,19+,20+/m1/s1. The van der Waals surface area contributed by atoms with Gasteiger partial charge in [0.05, 0.1) is 24.2 Å². The summed E-state index contributed by atoms with van der Waals surface area (Å²) in [7, 11) is 0. The summed E-state index contributed by atoms with van der Waals surface area (Å²) < 4.78 is 0. The second-order valence-electron chi connectivity index (χ2n) is 13.2. The molecule has 0 spiro atoms. The zero-order valence-corrected chi connectivity index (χ0v) is 22.5. The number of carbonyl (C=O) groups is 2. The van der Waals surface area contributed by atoms with Gasteiger partial charge in [-0.1, -0.05) is 12.2 Å². The zero-order valence-electron chi connectivity index (χ0n) is 22.5. The fraction of sp³-hybridized carbons (Fsp3) is 0.769. The van der Waals surface area contributed by atoms with Gasteiger partial charge >= 0.3 is 12.1 Å². The Labute approximate surface area is 196 Å². The van der Waals surface area contributed by atoms with E-state index in [2.05, 4.69) is 96.2 Å². The molecule has 0 N–H and O–H groups in total. The molecule has 0 aliphatic carbocycles. The number of nitrogens with zero attached hydrogens (tertiary/aromatic N) is 4. The molecule has 6 heteroatoms. The predicted molar refractivity (Wildman–Crippen MR) is 133 cm³/mol. The molecule has 2 saturated heterocycles. The molecule has 2 aliphatic heterocycles. The first-order valence-corrected chi connectivity index (χ1v) is 11.7. The number of hydrogen-bond donors (Lipinski definition) is 0. The topological polar surface area (TPSA) is 47.1 Å². The summed E-state index contributed by atoms with van der Waals surface area (Å²) in [6, 6.07) is -1.05. The molecular weight excluding hydrogens is 400 g/mol. The minimum Gasteiger partial charge on any atom is -0.312 e. The van der Waals surface area contributed by atoms with Crippen molar-refractivity contribution in [2.75, 3.05) is 0 Å². The van der Waals surface area contributed by atoms with Crippen LogP contribution in [0.5, 0.6) is 0 Å². The Bertz CT molecular complexity index is 710. The monoisotopic (exact) mass is 446 g/mol. The average molecular weight is 447 g/mol. The number of rotatable bonds is 3. The van der Waals surface area contributed by atoms with Crippen molar-refractivity contribution in [3.05, 3.63) is 25.3 Å². The van der Waals surface area contributed by atoms with Gasteiger partial charge in [0.15, 0.2) is 0 Å². The lowest BCUT2D eigenvalue weighted by molar-refractivity contribution is 0.0560. The molecule has 0 bridgehead atoms. The van der Waals surface area contributed by atoms with Crippen LogP contribution in [0.4, 0.5) is 9.59 Å². The molecule has 182 valence electrons.